The average molecular weight is 394 g/mol. The van der Waals surface area contributed by atoms with Gasteiger partial charge >= 0.3 is 10.1 Å². The van der Waals surface area contributed by atoms with Gasteiger partial charge in [-0.05, 0) is 60.4 Å². The van der Waals surface area contributed by atoms with E-state index in [1.807, 2.05) is 38.2 Å². The number of aromatic nitrogens is 1. The van der Waals surface area contributed by atoms with Gasteiger partial charge < -0.3 is 9.50 Å². The highest BCUT2D eigenvalue weighted by Gasteiger charge is 2.17. The number of hydrogen-bond donors (Lipinski definition) is 1. The van der Waals surface area contributed by atoms with Gasteiger partial charge in [0, 0.05) is 25.0 Å². The van der Waals surface area contributed by atoms with Crippen LogP contribution in [0.4, 0.5) is 5.69 Å². The van der Waals surface area contributed by atoms with E-state index in [9.17, 15) is 8.42 Å². The van der Waals surface area contributed by atoms with E-state index in [2.05, 4.69) is 16.9 Å². The molecule has 0 fully saturated rings. The van der Waals surface area contributed by atoms with E-state index in [-0.39, 0.29) is 10.8 Å². The van der Waals surface area contributed by atoms with Gasteiger partial charge in [-0.2, -0.15) is 8.42 Å². The van der Waals surface area contributed by atoms with Crippen LogP contribution in [0.25, 0.3) is 6.08 Å². The first kappa shape index (κ1) is 19.6. The fourth-order valence-corrected chi connectivity index (χ4v) is 3.69. The van der Waals surface area contributed by atoms with Gasteiger partial charge in [0.15, 0.2) is 0 Å². The molecule has 1 N–H and O–H groups in total. The van der Waals surface area contributed by atoms with E-state index in [0.717, 1.165) is 27.9 Å². The van der Waals surface area contributed by atoms with Gasteiger partial charge in [0.1, 0.15) is 4.90 Å². The van der Waals surface area contributed by atoms with E-state index in [0.29, 0.717) is 6.42 Å². The first-order valence-corrected chi connectivity index (χ1v) is 10.2. The lowest BCUT2D eigenvalue weighted by Gasteiger charge is -2.11. The Morgan fingerprint density at radius 3 is 2.54 bits per heavy atom. The van der Waals surface area contributed by atoms with Gasteiger partial charge in [-0.15, -0.1) is 0 Å². The van der Waals surface area contributed by atoms with Crippen molar-refractivity contribution in [1.82, 2.24) is 4.98 Å². The minimum atomic E-state index is -3.93. The molecule has 3 aromatic rings. The molecule has 0 unspecified atom stereocenters. The molecule has 6 heteroatoms. The minimum absolute atomic E-state index is 0.0444. The zero-order valence-electron chi connectivity index (χ0n) is 15.8. The van der Waals surface area contributed by atoms with Crippen molar-refractivity contribution in [1.29, 1.82) is 0 Å². The Bertz CT molecular complexity index is 1090. The van der Waals surface area contributed by atoms with E-state index in [4.69, 9.17) is 4.18 Å². The summed E-state index contributed by atoms with van der Waals surface area (Å²) in [7, 11) is -2.07. The number of hydrogen-bond acceptors (Lipinski definition) is 5. The van der Waals surface area contributed by atoms with Gasteiger partial charge in [0.2, 0.25) is 5.88 Å². The van der Waals surface area contributed by atoms with Crippen LogP contribution >= 0.6 is 0 Å². The van der Waals surface area contributed by atoms with Crippen LogP contribution in [-0.2, 0) is 16.5 Å². The van der Waals surface area contributed by atoms with Crippen LogP contribution in [0.15, 0.2) is 72.3 Å². The molecule has 3 rings (SSSR count). The lowest BCUT2D eigenvalue weighted by Crippen LogP contribution is -2.10. The molecular formula is C22H22N2O3S. The summed E-state index contributed by atoms with van der Waals surface area (Å²) < 4.78 is 30.2. The normalized spacial score (nSPS) is 11.1. The number of benzene rings is 2. The Kier molecular flexibility index (Phi) is 5.80. The summed E-state index contributed by atoms with van der Waals surface area (Å²) in [5.41, 5.74) is 4.94. The number of aryl methyl sites for hydroxylation is 1. The Hall–Kier alpha value is -3.12. The van der Waals surface area contributed by atoms with Gasteiger partial charge in [0.05, 0.1) is 0 Å². The molecule has 0 bridgehead atoms. The number of anilines is 1. The van der Waals surface area contributed by atoms with Crippen molar-refractivity contribution < 1.29 is 12.6 Å². The molecule has 0 spiro atoms. The molecular weight excluding hydrogens is 372 g/mol. The first-order chi connectivity index (χ1) is 13.4. The second-order valence-corrected chi connectivity index (χ2v) is 7.94. The smallest absolute Gasteiger partial charge is 0.340 e. The second kappa shape index (κ2) is 8.27. The third kappa shape index (κ3) is 4.58. The Morgan fingerprint density at radius 1 is 1.11 bits per heavy atom. The average Bonchev–Trinajstić information content (AvgIpc) is 2.68. The quantitative estimate of drug-likeness (QED) is 0.600. The van der Waals surface area contributed by atoms with Crippen LogP contribution < -0.4 is 9.50 Å². The highest BCUT2D eigenvalue weighted by Crippen LogP contribution is 2.23. The Balaban J connectivity index is 1.85. The maximum atomic E-state index is 12.5. The van der Waals surface area contributed by atoms with Crippen molar-refractivity contribution in [2.45, 2.75) is 18.2 Å². The molecule has 2 aromatic carbocycles. The number of nitrogens with one attached hydrogen (secondary N) is 1. The van der Waals surface area contributed by atoms with E-state index >= 15 is 0 Å². The first-order valence-electron chi connectivity index (χ1n) is 8.80. The second-order valence-electron chi connectivity index (χ2n) is 6.40. The van der Waals surface area contributed by atoms with Gasteiger partial charge in [-0.1, -0.05) is 36.4 Å². The zero-order chi connectivity index (χ0) is 20.1. The summed E-state index contributed by atoms with van der Waals surface area (Å²) in [5.74, 6) is 0.0444. The summed E-state index contributed by atoms with van der Waals surface area (Å²) in [6.45, 7) is 5.75. The van der Waals surface area contributed by atoms with Crippen LogP contribution in [0.5, 0.6) is 5.88 Å². The molecule has 0 atom stereocenters. The van der Waals surface area contributed by atoms with Crippen LogP contribution in [0.3, 0.4) is 0 Å². The van der Waals surface area contributed by atoms with Crippen molar-refractivity contribution in [3.8, 4) is 5.88 Å². The SMILES string of the molecule is C=Cc1ccc(NC)cc1Cc1ccnc(OS(=O)(=O)c2ccc(C)cc2)c1. The van der Waals surface area contributed by atoms with Crippen LogP contribution in [0, 0.1) is 6.92 Å². The van der Waals surface area contributed by atoms with Gasteiger partial charge in [0.25, 0.3) is 0 Å². The standard InChI is InChI=1S/C22H22N2O3S/c1-4-18-7-8-20(23-3)15-19(18)13-17-11-12-24-22(14-17)27-28(25,26)21-9-5-16(2)6-10-21/h4-12,14-15,23H,1,13H2,2-3H3. The Morgan fingerprint density at radius 2 is 1.86 bits per heavy atom. The fourth-order valence-electron chi connectivity index (χ4n) is 2.80. The molecule has 0 radical (unpaired) electrons. The van der Waals surface area contributed by atoms with Crippen molar-refractivity contribution >= 4 is 21.9 Å². The van der Waals surface area contributed by atoms with E-state index in [1.54, 1.807) is 30.5 Å². The highest BCUT2D eigenvalue weighted by molar-refractivity contribution is 7.87. The summed E-state index contributed by atoms with van der Waals surface area (Å²) >= 11 is 0. The van der Waals surface area contributed by atoms with Crippen molar-refractivity contribution in [2.24, 2.45) is 0 Å². The van der Waals surface area contributed by atoms with E-state index in [1.165, 1.54) is 12.1 Å². The third-order valence-electron chi connectivity index (χ3n) is 4.35. The number of rotatable bonds is 7. The molecule has 0 saturated carbocycles. The van der Waals surface area contributed by atoms with Gasteiger partial charge in [-0.25, -0.2) is 4.98 Å². The molecule has 28 heavy (non-hydrogen) atoms. The monoisotopic (exact) mass is 394 g/mol. The summed E-state index contributed by atoms with van der Waals surface area (Å²) in [6, 6.07) is 16.0. The van der Waals surface area contributed by atoms with Crippen LogP contribution in [-0.4, -0.2) is 20.4 Å². The van der Waals surface area contributed by atoms with E-state index < -0.39 is 10.1 Å². The van der Waals surface area contributed by atoms with Crippen molar-refractivity contribution in [2.75, 3.05) is 12.4 Å². The summed E-state index contributed by atoms with van der Waals surface area (Å²) in [6.07, 6.45) is 3.94. The molecule has 5 nitrogen and oxygen atoms in total. The molecule has 0 aliphatic heterocycles. The molecule has 0 amide bonds. The summed E-state index contributed by atoms with van der Waals surface area (Å²) in [5, 5.41) is 3.12. The number of pyridine rings is 1. The maximum absolute atomic E-state index is 12.5. The number of nitrogens with zero attached hydrogens (tertiary/aromatic N) is 1. The van der Waals surface area contributed by atoms with Crippen LogP contribution in [0.1, 0.15) is 22.3 Å². The predicted molar refractivity (Wildman–Crippen MR) is 112 cm³/mol. The van der Waals surface area contributed by atoms with Crippen LogP contribution in [0.2, 0.25) is 0 Å². The third-order valence-corrected chi connectivity index (χ3v) is 5.59. The topological polar surface area (TPSA) is 68.3 Å². The largest absolute Gasteiger partial charge is 0.388 e. The summed E-state index contributed by atoms with van der Waals surface area (Å²) in [4.78, 5) is 4.15. The minimum Gasteiger partial charge on any atom is -0.388 e. The lowest BCUT2D eigenvalue weighted by atomic mass is 9.99. The zero-order valence-corrected chi connectivity index (χ0v) is 16.7. The lowest BCUT2D eigenvalue weighted by molar-refractivity contribution is 0.475. The Labute approximate surface area is 165 Å². The fraction of sp³-hybridized carbons (Fsp3) is 0.136. The van der Waals surface area contributed by atoms with Gasteiger partial charge in [-0.3, -0.25) is 0 Å². The molecule has 144 valence electrons. The maximum Gasteiger partial charge on any atom is 0.340 e. The molecule has 1 aromatic heterocycles. The predicted octanol–water partition coefficient (Wildman–Crippen LogP) is 4.43. The highest BCUT2D eigenvalue weighted by atomic mass is 32.2. The van der Waals surface area contributed by atoms with Crippen molar-refractivity contribution in [3.63, 3.8) is 0 Å². The molecule has 0 saturated heterocycles. The molecule has 1 heterocycles. The molecule has 0 aliphatic rings. The van der Waals surface area contributed by atoms with Crippen molar-refractivity contribution in [3.05, 3.63) is 89.6 Å². The molecule has 0 aliphatic carbocycles.